The van der Waals surface area contributed by atoms with E-state index in [9.17, 15) is 22.4 Å². The second kappa shape index (κ2) is 5.86. The van der Waals surface area contributed by atoms with Gasteiger partial charge in [-0.1, -0.05) is 0 Å². The molecule has 2 rings (SSSR count). The molecule has 0 saturated carbocycles. The largest absolute Gasteiger partial charge is 0.462 e. The maximum Gasteiger partial charge on any atom is 0.434 e. The number of nitrogens with zero attached hydrogens (tertiary/aromatic N) is 2. The number of alkyl halides is 4. The minimum absolute atomic E-state index is 0.0305. The first kappa shape index (κ1) is 16.1. The second-order valence-corrected chi connectivity index (χ2v) is 4.50. The standard InChI is InChI=1S/C14H12F4N2O2/c1-3-22-13(21)9-6-8-4-5-10(7(2)15)19-12(8)20-11(9)14(16,17)18/h4-7H,3H2,1-2H3. The van der Waals surface area contributed by atoms with Crippen LogP contribution in [0.5, 0.6) is 0 Å². The summed E-state index contributed by atoms with van der Waals surface area (Å²) >= 11 is 0. The van der Waals surface area contributed by atoms with Crippen LogP contribution in [0.15, 0.2) is 18.2 Å². The Morgan fingerprint density at radius 3 is 2.55 bits per heavy atom. The zero-order valence-corrected chi connectivity index (χ0v) is 11.7. The predicted octanol–water partition coefficient (Wildman–Crippen LogP) is 3.86. The van der Waals surface area contributed by atoms with Crippen molar-refractivity contribution in [2.75, 3.05) is 6.61 Å². The van der Waals surface area contributed by atoms with Gasteiger partial charge in [0.1, 0.15) is 6.17 Å². The number of aromatic nitrogens is 2. The van der Waals surface area contributed by atoms with E-state index in [0.717, 1.165) is 6.07 Å². The Morgan fingerprint density at radius 2 is 2.00 bits per heavy atom. The minimum Gasteiger partial charge on any atom is -0.462 e. The molecule has 0 saturated heterocycles. The Kier molecular flexibility index (Phi) is 4.30. The Morgan fingerprint density at radius 1 is 1.32 bits per heavy atom. The normalized spacial score (nSPS) is 13.2. The molecule has 8 heteroatoms. The highest BCUT2D eigenvalue weighted by Gasteiger charge is 2.38. The fraction of sp³-hybridized carbons (Fsp3) is 0.357. The Bertz CT molecular complexity index is 714. The summed E-state index contributed by atoms with van der Waals surface area (Å²) in [7, 11) is 0. The van der Waals surface area contributed by atoms with Gasteiger partial charge >= 0.3 is 12.1 Å². The van der Waals surface area contributed by atoms with Crippen LogP contribution in [0.4, 0.5) is 17.6 Å². The van der Waals surface area contributed by atoms with Crippen molar-refractivity contribution < 1.29 is 27.1 Å². The average molecular weight is 316 g/mol. The summed E-state index contributed by atoms with van der Waals surface area (Å²) in [5.74, 6) is -1.12. The lowest BCUT2D eigenvalue weighted by molar-refractivity contribution is -0.141. The summed E-state index contributed by atoms with van der Waals surface area (Å²) in [4.78, 5) is 18.8. The summed E-state index contributed by atoms with van der Waals surface area (Å²) < 4.78 is 57.0. The smallest absolute Gasteiger partial charge is 0.434 e. The van der Waals surface area contributed by atoms with E-state index < -0.39 is 29.6 Å². The molecule has 0 aromatic carbocycles. The average Bonchev–Trinajstić information content (AvgIpc) is 2.44. The predicted molar refractivity (Wildman–Crippen MR) is 70.0 cm³/mol. The third-order valence-corrected chi connectivity index (χ3v) is 2.87. The second-order valence-electron chi connectivity index (χ2n) is 4.50. The van der Waals surface area contributed by atoms with Crippen LogP contribution < -0.4 is 0 Å². The van der Waals surface area contributed by atoms with Crippen LogP contribution in [0.1, 0.15) is 41.8 Å². The van der Waals surface area contributed by atoms with Crippen LogP contribution in [0.3, 0.4) is 0 Å². The van der Waals surface area contributed by atoms with Gasteiger partial charge in [-0.15, -0.1) is 0 Å². The highest BCUT2D eigenvalue weighted by molar-refractivity contribution is 5.94. The summed E-state index contributed by atoms with van der Waals surface area (Å²) in [6.07, 6.45) is -6.29. The molecule has 22 heavy (non-hydrogen) atoms. The first-order chi connectivity index (χ1) is 10.2. The fourth-order valence-corrected chi connectivity index (χ4v) is 1.87. The summed E-state index contributed by atoms with van der Waals surface area (Å²) in [6, 6.07) is 3.70. The van der Waals surface area contributed by atoms with Gasteiger partial charge in [-0.3, -0.25) is 0 Å². The molecular weight excluding hydrogens is 304 g/mol. The molecule has 0 spiro atoms. The van der Waals surface area contributed by atoms with Crippen LogP contribution >= 0.6 is 0 Å². The van der Waals surface area contributed by atoms with Crippen molar-refractivity contribution in [3.8, 4) is 0 Å². The number of esters is 1. The summed E-state index contributed by atoms with van der Waals surface area (Å²) in [5, 5.41) is 0.195. The Balaban J connectivity index is 2.68. The van der Waals surface area contributed by atoms with Crippen molar-refractivity contribution in [3.05, 3.63) is 35.2 Å². The SMILES string of the molecule is CCOC(=O)c1cc2ccc(C(C)F)nc2nc1C(F)(F)F. The molecule has 0 N–H and O–H groups in total. The molecule has 118 valence electrons. The molecule has 0 amide bonds. The first-order valence-corrected chi connectivity index (χ1v) is 6.44. The van der Waals surface area contributed by atoms with Gasteiger partial charge in [0.25, 0.3) is 0 Å². The molecule has 0 aliphatic carbocycles. The molecule has 0 radical (unpaired) electrons. The highest BCUT2D eigenvalue weighted by Crippen LogP contribution is 2.32. The minimum atomic E-state index is -4.85. The van der Waals surface area contributed by atoms with Crippen molar-refractivity contribution in [3.63, 3.8) is 0 Å². The van der Waals surface area contributed by atoms with Crippen LogP contribution in [0.25, 0.3) is 11.0 Å². The molecule has 0 aliphatic rings. The van der Waals surface area contributed by atoms with Gasteiger partial charge in [0.2, 0.25) is 0 Å². The molecule has 0 bridgehead atoms. The van der Waals surface area contributed by atoms with E-state index in [1.165, 1.54) is 26.0 Å². The van der Waals surface area contributed by atoms with Crippen molar-refractivity contribution in [1.82, 2.24) is 9.97 Å². The Labute approximate surface area is 123 Å². The first-order valence-electron chi connectivity index (χ1n) is 6.44. The fourth-order valence-electron chi connectivity index (χ4n) is 1.87. The number of ether oxygens (including phenoxy) is 1. The summed E-state index contributed by atoms with van der Waals surface area (Å²) in [6.45, 7) is 2.63. The van der Waals surface area contributed by atoms with E-state index in [4.69, 9.17) is 0 Å². The molecule has 4 nitrogen and oxygen atoms in total. The Hall–Kier alpha value is -2.25. The van der Waals surface area contributed by atoms with Gasteiger partial charge < -0.3 is 4.74 Å². The number of fused-ring (bicyclic) bond motifs is 1. The molecular formula is C14H12F4N2O2. The number of hydrogen-bond acceptors (Lipinski definition) is 4. The van der Waals surface area contributed by atoms with Gasteiger partial charge in [-0.2, -0.15) is 13.2 Å². The molecule has 2 heterocycles. The molecule has 2 aromatic rings. The van der Waals surface area contributed by atoms with E-state index in [0.29, 0.717) is 0 Å². The molecule has 2 aromatic heterocycles. The maximum atomic E-state index is 13.2. The third-order valence-electron chi connectivity index (χ3n) is 2.87. The van der Waals surface area contributed by atoms with Crippen molar-refractivity contribution in [2.24, 2.45) is 0 Å². The lowest BCUT2D eigenvalue weighted by Gasteiger charge is -2.12. The van der Waals surface area contributed by atoms with E-state index in [-0.39, 0.29) is 23.3 Å². The number of carbonyl (C=O) groups excluding carboxylic acids is 1. The number of halogens is 4. The number of hydrogen-bond donors (Lipinski definition) is 0. The highest BCUT2D eigenvalue weighted by atomic mass is 19.4. The van der Waals surface area contributed by atoms with Crippen molar-refractivity contribution >= 4 is 17.0 Å². The van der Waals surface area contributed by atoms with E-state index in [1.807, 2.05) is 0 Å². The van der Waals surface area contributed by atoms with Crippen LogP contribution in [0.2, 0.25) is 0 Å². The topological polar surface area (TPSA) is 52.1 Å². The van der Waals surface area contributed by atoms with Crippen LogP contribution in [-0.4, -0.2) is 22.5 Å². The molecule has 1 unspecified atom stereocenters. The maximum absolute atomic E-state index is 13.2. The third kappa shape index (κ3) is 3.15. The van der Waals surface area contributed by atoms with E-state index in [1.54, 1.807) is 0 Å². The lowest BCUT2D eigenvalue weighted by atomic mass is 10.1. The molecule has 0 fully saturated rings. The van der Waals surface area contributed by atoms with Gasteiger partial charge in [0.05, 0.1) is 17.9 Å². The lowest BCUT2D eigenvalue weighted by Crippen LogP contribution is -2.17. The molecule has 1 atom stereocenters. The monoisotopic (exact) mass is 316 g/mol. The van der Waals surface area contributed by atoms with Crippen molar-refractivity contribution in [1.29, 1.82) is 0 Å². The van der Waals surface area contributed by atoms with E-state index >= 15 is 0 Å². The number of rotatable bonds is 3. The zero-order valence-electron chi connectivity index (χ0n) is 11.7. The van der Waals surface area contributed by atoms with Crippen LogP contribution in [-0.2, 0) is 10.9 Å². The summed E-state index contributed by atoms with van der Waals surface area (Å²) in [5.41, 5.74) is -2.39. The van der Waals surface area contributed by atoms with Gasteiger partial charge in [0.15, 0.2) is 11.3 Å². The van der Waals surface area contributed by atoms with Gasteiger partial charge in [0, 0.05) is 5.39 Å². The van der Waals surface area contributed by atoms with E-state index in [2.05, 4.69) is 14.7 Å². The van der Waals surface area contributed by atoms with Gasteiger partial charge in [-0.25, -0.2) is 19.2 Å². The zero-order chi connectivity index (χ0) is 16.5. The number of carbonyl (C=O) groups is 1. The van der Waals surface area contributed by atoms with Crippen LogP contribution in [0, 0.1) is 0 Å². The molecule has 0 aliphatic heterocycles. The quantitative estimate of drug-likeness (QED) is 0.637. The van der Waals surface area contributed by atoms with Gasteiger partial charge in [-0.05, 0) is 32.0 Å². The number of pyridine rings is 2. The van der Waals surface area contributed by atoms with Crippen molar-refractivity contribution in [2.45, 2.75) is 26.2 Å².